The molecule has 0 saturated heterocycles. The Kier molecular flexibility index (Phi) is 6.86. The first-order valence-corrected chi connectivity index (χ1v) is 7.68. The third kappa shape index (κ3) is 5.61. The van der Waals surface area contributed by atoms with Crippen LogP contribution in [-0.4, -0.2) is 23.7 Å². The first-order chi connectivity index (χ1) is 9.04. The molecule has 5 nitrogen and oxygen atoms in total. The van der Waals surface area contributed by atoms with Gasteiger partial charge in [-0.3, -0.25) is 4.79 Å². The summed E-state index contributed by atoms with van der Waals surface area (Å²) in [6.45, 7) is 2.50. The summed E-state index contributed by atoms with van der Waals surface area (Å²) in [5, 5.41) is 16.2. The van der Waals surface area contributed by atoms with E-state index in [4.69, 9.17) is 5.11 Å². The zero-order valence-corrected chi connectivity index (χ0v) is 13.0. The maximum Gasteiger partial charge on any atom is 0.315 e. The lowest BCUT2D eigenvalue weighted by molar-refractivity contribution is -0.141. The number of aliphatic carboxylic acids is 1. The second-order valence-corrected chi connectivity index (χ2v) is 5.93. The molecular weight excluding hydrogens is 332 g/mol. The highest BCUT2D eigenvalue weighted by atomic mass is 79.9. The van der Waals surface area contributed by atoms with E-state index in [0.717, 1.165) is 15.8 Å². The van der Waals surface area contributed by atoms with Crippen LogP contribution < -0.4 is 10.6 Å². The molecule has 1 aromatic heterocycles. The monoisotopic (exact) mass is 348 g/mol. The topological polar surface area (TPSA) is 78.4 Å². The Morgan fingerprint density at radius 1 is 1.47 bits per heavy atom. The average molecular weight is 349 g/mol. The normalized spacial score (nSPS) is 11.9. The Hall–Kier alpha value is -1.08. The summed E-state index contributed by atoms with van der Waals surface area (Å²) in [4.78, 5) is 23.5. The van der Waals surface area contributed by atoms with E-state index in [9.17, 15) is 9.59 Å². The van der Waals surface area contributed by atoms with Crippen LogP contribution in [0.25, 0.3) is 0 Å². The lowest BCUT2D eigenvalue weighted by Gasteiger charge is -2.12. The van der Waals surface area contributed by atoms with Gasteiger partial charge in [0.2, 0.25) is 0 Å². The minimum Gasteiger partial charge on any atom is -0.481 e. The second-order valence-electron chi connectivity index (χ2n) is 4.08. The van der Waals surface area contributed by atoms with Gasteiger partial charge in [0.1, 0.15) is 0 Å². The summed E-state index contributed by atoms with van der Waals surface area (Å²) in [7, 11) is 0. The van der Waals surface area contributed by atoms with Crippen LogP contribution in [0.15, 0.2) is 15.9 Å². The molecule has 7 heteroatoms. The lowest BCUT2D eigenvalue weighted by Crippen LogP contribution is -2.39. The van der Waals surface area contributed by atoms with E-state index >= 15 is 0 Å². The van der Waals surface area contributed by atoms with Gasteiger partial charge in [0.15, 0.2) is 0 Å². The molecule has 2 amide bonds. The number of carboxylic acids is 1. The quantitative estimate of drug-likeness (QED) is 0.708. The van der Waals surface area contributed by atoms with E-state index in [2.05, 4.69) is 26.6 Å². The summed E-state index contributed by atoms with van der Waals surface area (Å²) in [5.41, 5.74) is 0. The van der Waals surface area contributed by atoms with Crippen LogP contribution in [0.1, 0.15) is 24.6 Å². The number of amides is 2. The molecule has 1 rings (SSSR count). The third-order valence-electron chi connectivity index (χ3n) is 2.60. The highest BCUT2D eigenvalue weighted by Crippen LogP contribution is 2.21. The summed E-state index contributed by atoms with van der Waals surface area (Å²) in [6.07, 6.45) is 1.34. The molecule has 1 heterocycles. The minimum absolute atomic E-state index is 0.153. The molecule has 1 aromatic rings. The van der Waals surface area contributed by atoms with Gasteiger partial charge < -0.3 is 15.7 Å². The largest absolute Gasteiger partial charge is 0.481 e. The predicted octanol–water partition coefficient (Wildman–Crippen LogP) is 2.81. The fourth-order valence-electron chi connectivity index (χ4n) is 1.55. The molecule has 0 aliphatic carbocycles. The van der Waals surface area contributed by atoms with Crippen molar-refractivity contribution < 1.29 is 14.7 Å². The van der Waals surface area contributed by atoms with E-state index in [1.54, 1.807) is 11.3 Å². The highest BCUT2D eigenvalue weighted by Gasteiger charge is 2.17. The zero-order valence-electron chi connectivity index (χ0n) is 10.6. The Bertz CT molecular complexity index is 436. The molecule has 0 aromatic carbocycles. The van der Waals surface area contributed by atoms with Crippen LogP contribution in [0, 0.1) is 5.92 Å². The van der Waals surface area contributed by atoms with Gasteiger partial charge in [-0.05, 0) is 33.8 Å². The van der Waals surface area contributed by atoms with Crippen molar-refractivity contribution in [1.82, 2.24) is 10.6 Å². The van der Waals surface area contributed by atoms with Crippen LogP contribution in [0.2, 0.25) is 0 Å². The number of thiophene rings is 1. The fraction of sp³-hybridized carbons (Fsp3) is 0.500. The van der Waals surface area contributed by atoms with Gasteiger partial charge in [0.25, 0.3) is 0 Å². The number of carbonyl (C=O) groups is 2. The highest BCUT2D eigenvalue weighted by molar-refractivity contribution is 9.10. The Balaban J connectivity index is 2.31. The zero-order chi connectivity index (χ0) is 14.3. The number of nitrogens with one attached hydrogen (secondary N) is 2. The summed E-state index contributed by atoms with van der Waals surface area (Å²) < 4.78 is 0.965. The van der Waals surface area contributed by atoms with Crippen molar-refractivity contribution in [1.29, 1.82) is 0 Å². The van der Waals surface area contributed by atoms with Crippen LogP contribution in [0.3, 0.4) is 0 Å². The molecule has 0 fully saturated rings. The van der Waals surface area contributed by atoms with Gasteiger partial charge in [-0.1, -0.05) is 13.3 Å². The van der Waals surface area contributed by atoms with Crippen LogP contribution in [0.4, 0.5) is 4.79 Å². The molecule has 0 radical (unpaired) electrons. The summed E-state index contributed by atoms with van der Waals surface area (Å²) in [5.74, 6) is -1.40. The maximum atomic E-state index is 11.6. The van der Waals surface area contributed by atoms with E-state index < -0.39 is 11.9 Å². The van der Waals surface area contributed by atoms with Gasteiger partial charge in [0, 0.05) is 15.9 Å². The van der Waals surface area contributed by atoms with E-state index in [1.165, 1.54) is 0 Å². The fourth-order valence-corrected chi connectivity index (χ4v) is 2.98. The van der Waals surface area contributed by atoms with Crippen LogP contribution in [0.5, 0.6) is 0 Å². The molecule has 1 atom stereocenters. The molecule has 19 heavy (non-hydrogen) atoms. The van der Waals surface area contributed by atoms with E-state index in [-0.39, 0.29) is 12.6 Å². The Labute approximate surface area is 124 Å². The van der Waals surface area contributed by atoms with Crippen molar-refractivity contribution in [3.05, 3.63) is 20.8 Å². The summed E-state index contributed by atoms with van der Waals surface area (Å²) in [6, 6.07) is 1.57. The van der Waals surface area contributed by atoms with Crippen molar-refractivity contribution in [3.63, 3.8) is 0 Å². The first-order valence-electron chi connectivity index (χ1n) is 6.01. The maximum absolute atomic E-state index is 11.6. The van der Waals surface area contributed by atoms with Crippen molar-refractivity contribution >= 4 is 39.3 Å². The van der Waals surface area contributed by atoms with Gasteiger partial charge in [-0.15, -0.1) is 11.3 Å². The van der Waals surface area contributed by atoms with Crippen molar-refractivity contribution in [3.8, 4) is 0 Å². The number of carbonyl (C=O) groups excluding carboxylic acids is 1. The predicted molar refractivity (Wildman–Crippen MR) is 78.3 cm³/mol. The number of urea groups is 1. The van der Waals surface area contributed by atoms with Gasteiger partial charge in [0.05, 0.1) is 12.5 Å². The first kappa shape index (κ1) is 16.0. The molecule has 1 unspecified atom stereocenters. The molecular formula is C12H17BrN2O3S. The molecule has 3 N–H and O–H groups in total. The minimum atomic E-state index is -0.872. The number of hydrogen-bond acceptors (Lipinski definition) is 3. The second kappa shape index (κ2) is 8.16. The molecule has 0 saturated carbocycles. The van der Waals surface area contributed by atoms with Crippen molar-refractivity contribution in [2.45, 2.75) is 26.3 Å². The Morgan fingerprint density at radius 2 is 2.21 bits per heavy atom. The third-order valence-corrected chi connectivity index (χ3v) is 4.52. The number of carboxylic acid groups (broad SMARTS) is 1. The van der Waals surface area contributed by atoms with Gasteiger partial charge in [-0.25, -0.2) is 4.79 Å². The lowest BCUT2D eigenvalue weighted by atomic mass is 10.0. The molecule has 0 aliphatic rings. The van der Waals surface area contributed by atoms with E-state index in [0.29, 0.717) is 13.0 Å². The standard InChI is InChI=1S/C12H17BrN2O3S/c1-2-3-8(11(16)17)6-14-12(18)15-7-10-9(13)4-5-19-10/h4-5,8H,2-3,6-7H2,1H3,(H,16,17)(H2,14,15,18). The van der Waals surface area contributed by atoms with Gasteiger partial charge >= 0.3 is 12.0 Å². The molecule has 106 valence electrons. The van der Waals surface area contributed by atoms with Gasteiger partial charge in [-0.2, -0.15) is 0 Å². The van der Waals surface area contributed by atoms with Crippen LogP contribution in [-0.2, 0) is 11.3 Å². The number of rotatable bonds is 7. The van der Waals surface area contributed by atoms with Crippen LogP contribution >= 0.6 is 27.3 Å². The Morgan fingerprint density at radius 3 is 2.74 bits per heavy atom. The summed E-state index contributed by atoms with van der Waals surface area (Å²) >= 11 is 4.92. The van der Waals surface area contributed by atoms with Crippen molar-refractivity contribution in [2.24, 2.45) is 5.92 Å². The SMILES string of the molecule is CCCC(CNC(=O)NCc1sccc1Br)C(=O)O. The number of hydrogen-bond donors (Lipinski definition) is 3. The smallest absolute Gasteiger partial charge is 0.315 e. The molecule has 0 aliphatic heterocycles. The van der Waals surface area contributed by atoms with E-state index in [1.807, 2.05) is 18.4 Å². The number of halogens is 1. The average Bonchev–Trinajstić information content (AvgIpc) is 2.77. The molecule has 0 bridgehead atoms. The van der Waals surface area contributed by atoms with Crippen molar-refractivity contribution in [2.75, 3.05) is 6.54 Å². The molecule has 0 spiro atoms.